The highest BCUT2D eigenvalue weighted by Crippen LogP contribution is 2.19. The van der Waals surface area contributed by atoms with Crippen LogP contribution in [-0.2, 0) is 4.74 Å². The molecule has 1 N–H and O–H groups in total. The van der Waals surface area contributed by atoms with Crippen molar-refractivity contribution < 1.29 is 9.53 Å². The molecule has 0 spiro atoms. The lowest BCUT2D eigenvalue weighted by atomic mass is 10.0. The van der Waals surface area contributed by atoms with Crippen LogP contribution in [0.3, 0.4) is 0 Å². The lowest BCUT2D eigenvalue weighted by Gasteiger charge is -2.10. The Balaban J connectivity index is 1.66. The lowest BCUT2D eigenvalue weighted by Crippen LogP contribution is -2.26. The summed E-state index contributed by atoms with van der Waals surface area (Å²) in [6.45, 7) is 2.42. The first-order chi connectivity index (χ1) is 9.84. The molecule has 0 radical (unpaired) electrons. The monoisotopic (exact) mass is 269 g/mol. The minimum atomic E-state index is 0.0146. The molecule has 3 nitrogen and oxygen atoms in total. The molecule has 104 valence electrons. The first kappa shape index (κ1) is 13.1. The van der Waals surface area contributed by atoms with Crippen molar-refractivity contribution in [3.63, 3.8) is 0 Å². The number of carbonyl (C=O) groups excluding carboxylic acids is 1. The van der Waals surface area contributed by atoms with E-state index in [9.17, 15) is 4.79 Å². The Morgan fingerprint density at radius 2 is 2.05 bits per heavy atom. The van der Waals surface area contributed by atoms with E-state index in [2.05, 4.69) is 5.32 Å². The van der Waals surface area contributed by atoms with Gasteiger partial charge in [0, 0.05) is 25.3 Å². The predicted molar refractivity (Wildman–Crippen MR) is 79.8 cm³/mol. The molecule has 1 aliphatic rings. The molecule has 2 aromatic carbocycles. The smallest absolute Gasteiger partial charge is 0.251 e. The maximum Gasteiger partial charge on any atom is 0.251 e. The van der Waals surface area contributed by atoms with Crippen molar-refractivity contribution in [2.24, 2.45) is 5.92 Å². The van der Waals surface area contributed by atoms with Gasteiger partial charge in [0.25, 0.3) is 5.91 Å². The van der Waals surface area contributed by atoms with E-state index < -0.39 is 0 Å². The van der Waals surface area contributed by atoms with Gasteiger partial charge in [0.1, 0.15) is 0 Å². The summed E-state index contributed by atoms with van der Waals surface area (Å²) in [5, 5.41) is 5.14. The summed E-state index contributed by atoms with van der Waals surface area (Å²) in [7, 11) is 0. The quantitative estimate of drug-likeness (QED) is 0.926. The van der Waals surface area contributed by atoms with Gasteiger partial charge in [-0.2, -0.15) is 0 Å². The molecule has 1 saturated heterocycles. The molecular formula is C17H19NO2. The van der Waals surface area contributed by atoms with Crippen molar-refractivity contribution >= 4 is 16.7 Å². The molecule has 0 aromatic heterocycles. The van der Waals surface area contributed by atoms with Gasteiger partial charge in [-0.25, -0.2) is 0 Å². The summed E-state index contributed by atoms with van der Waals surface area (Å²) in [5.74, 6) is 0.614. The maximum atomic E-state index is 12.3. The lowest BCUT2D eigenvalue weighted by molar-refractivity contribution is 0.0952. The Morgan fingerprint density at radius 1 is 1.20 bits per heavy atom. The van der Waals surface area contributed by atoms with Gasteiger partial charge in [-0.05, 0) is 35.6 Å². The van der Waals surface area contributed by atoms with Crippen molar-refractivity contribution in [1.29, 1.82) is 0 Å². The predicted octanol–water partition coefficient (Wildman–Crippen LogP) is 3.00. The third-order valence-electron chi connectivity index (χ3n) is 3.90. The van der Waals surface area contributed by atoms with E-state index >= 15 is 0 Å². The number of carbonyl (C=O) groups is 1. The minimum Gasteiger partial charge on any atom is -0.381 e. The first-order valence-corrected chi connectivity index (χ1v) is 7.18. The van der Waals surface area contributed by atoms with E-state index in [1.165, 1.54) is 0 Å². The van der Waals surface area contributed by atoms with E-state index in [0.29, 0.717) is 5.92 Å². The molecule has 0 aliphatic carbocycles. The Morgan fingerprint density at radius 3 is 2.90 bits per heavy atom. The van der Waals surface area contributed by atoms with Crippen LogP contribution in [0.15, 0.2) is 42.5 Å². The Hall–Kier alpha value is -1.87. The second-order valence-electron chi connectivity index (χ2n) is 5.30. The first-order valence-electron chi connectivity index (χ1n) is 7.18. The fraction of sp³-hybridized carbons (Fsp3) is 0.353. The van der Waals surface area contributed by atoms with Gasteiger partial charge in [-0.15, -0.1) is 0 Å². The summed E-state index contributed by atoms with van der Waals surface area (Å²) < 4.78 is 5.34. The van der Waals surface area contributed by atoms with Crippen molar-refractivity contribution in [2.75, 3.05) is 19.8 Å². The Labute approximate surface area is 118 Å². The van der Waals surface area contributed by atoms with Gasteiger partial charge in [-0.1, -0.05) is 36.4 Å². The molecule has 3 heteroatoms. The van der Waals surface area contributed by atoms with Crippen LogP contribution < -0.4 is 5.32 Å². The summed E-state index contributed by atoms with van der Waals surface area (Å²) in [6.07, 6.45) is 2.11. The molecular weight excluding hydrogens is 250 g/mol. The van der Waals surface area contributed by atoms with Crippen LogP contribution in [-0.4, -0.2) is 25.7 Å². The zero-order chi connectivity index (χ0) is 13.8. The molecule has 20 heavy (non-hydrogen) atoms. The van der Waals surface area contributed by atoms with Gasteiger partial charge < -0.3 is 10.1 Å². The van der Waals surface area contributed by atoms with E-state index in [1.54, 1.807) is 0 Å². The second-order valence-corrected chi connectivity index (χ2v) is 5.30. The molecule has 3 rings (SSSR count). The second kappa shape index (κ2) is 6.06. The molecule has 1 amide bonds. The van der Waals surface area contributed by atoms with Gasteiger partial charge >= 0.3 is 0 Å². The fourth-order valence-corrected chi connectivity index (χ4v) is 2.72. The van der Waals surface area contributed by atoms with Crippen molar-refractivity contribution in [3.8, 4) is 0 Å². The number of ether oxygens (including phenoxy) is 1. The summed E-state index contributed by atoms with van der Waals surface area (Å²) in [4.78, 5) is 12.3. The average molecular weight is 269 g/mol. The van der Waals surface area contributed by atoms with E-state index in [4.69, 9.17) is 4.74 Å². The summed E-state index contributed by atoms with van der Waals surface area (Å²) in [6, 6.07) is 13.8. The van der Waals surface area contributed by atoms with Crippen LogP contribution in [0.5, 0.6) is 0 Å². The van der Waals surface area contributed by atoms with Crippen LogP contribution in [0.25, 0.3) is 10.8 Å². The zero-order valence-electron chi connectivity index (χ0n) is 11.5. The summed E-state index contributed by atoms with van der Waals surface area (Å²) >= 11 is 0. The molecule has 0 bridgehead atoms. The molecule has 2 aromatic rings. The van der Waals surface area contributed by atoms with E-state index in [-0.39, 0.29) is 5.91 Å². The average Bonchev–Trinajstić information content (AvgIpc) is 3.00. The van der Waals surface area contributed by atoms with Crippen molar-refractivity contribution in [1.82, 2.24) is 5.32 Å². The Kier molecular flexibility index (Phi) is 3.97. The molecule has 1 heterocycles. The zero-order valence-corrected chi connectivity index (χ0v) is 11.5. The van der Waals surface area contributed by atoms with Gasteiger partial charge in [0.05, 0.1) is 0 Å². The number of fused-ring (bicyclic) bond motifs is 1. The van der Waals surface area contributed by atoms with Crippen LogP contribution in [0.4, 0.5) is 0 Å². The number of rotatable bonds is 4. The topological polar surface area (TPSA) is 38.3 Å². The van der Waals surface area contributed by atoms with Crippen molar-refractivity contribution in [3.05, 3.63) is 48.0 Å². The fourth-order valence-electron chi connectivity index (χ4n) is 2.72. The van der Waals surface area contributed by atoms with E-state index in [1.807, 2.05) is 42.5 Å². The highest BCUT2D eigenvalue weighted by Gasteiger charge is 2.16. The molecule has 0 unspecified atom stereocenters. The SMILES string of the molecule is O=C(NCC[C@H]1CCOC1)c1cccc2ccccc12. The standard InChI is InChI=1S/C17H19NO2/c19-17(18-10-8-13-9-11-20-12-13)16-7-3-5-14-4-1-2-6-15(14)16/h1-7,13H,8-12H2,(H,18,19)/t13-/m0/s1. The van der Waals surface area contributed by atoms with Crippen LogP contribution in [0, 0.1) is 5.92 Å². The molecule has 1 atom stereocenters. The van der Waals surface area contributed by atoms with Crippen molar-refractivity contribution in [2.45, 2.75) is 12.8 Å². The number of nitrogens with one attached hydrogen (secondary N) is 1. The third-order valence-corrected chi connectivity index (χ3v) is 3.90. The van der Waals surface area contributed by atoms with Crippen LogP contribution in [0.2, 0.25) is 0 Å². The van der Waals surface area contributed by atoms with E-state index in [0.717, 1.165) is 48.9 Å². The number of amides is 1. The molecule has 1 fully saturated rings. The largest absolute Gasteiger partial charge is 0.381 e. The highest BCUT2D eigenvalue weighted by atomic mass is 16.5. The van der Waals surface area contributed by atoms with Crippen LogP contribution >= 0.6 is 0 Å². The number of hydrogen-bond acceptors (Lipinski definition) is 2. The van der Waals surface area contributed by atoms with Gasteiger partial charge in [0.15, 0.2) is 0 Å². The Bertz CT molecular complexity index is 597. The normalized spacial score (nSPS) is 18.3. The summed E-state index contributed by atoms with van der Waals surface area (Å²) in [5.41, 5.74) is 0.755. The molecule has 0 saturated carbocycles. The van der Waals surface area contributed by atoms with Gasteiger partial charge in [-0.3, -0.25) is 4.79 Å². The third kappa shape index (κ3) is 2.83. The van der Waals surface area contributed by atoms with Gasteiger partial charge in [0.2, 0.25) is 0 Å². The highest BCUT2D eigenvalue weighted by molar-refractivity contribution is 6.06. The minimum absolute atomic E-state index is 0.0146. The number of benzene rings is 2. The molecule has 1 aliphatic heterocycles. The maximum absolute atomic E-state index is 12.3. The van der Waals surface area contributed by atoms with Crippen LogP contribution in [0.1, 0.15) is 23.2 Å². The number of hydrogen-bond donors (Lipinski definition) is 1.